The van der Waals surface area contributed by atoms with Crippen LogP contribution in [-0.4, -0.2) is 43.4 Å². The number of hydrogen-bond donors (Lipinski definition) is 2. The zero-order chi connectivity index (χ0) is 22.0. The Bertz CT molecular complexity index is 1220. The van der Waals surface area contributed by atoms with E-state index >= 15 is 0 Å². The van der Waals surface area contributed by atoms with Gasteiger partial charge in [0.05, 0.1) is 29.2 Å². The van der Waals surface area contributed by atoms with Gasteiger partial charge in [0, 0.05) is 36.9 Å². The van der Waals surface area contributed by atoms with Gasteiger partial charge in [-0.3, -0.25) is 0 Å². The summed E-state index contributed by atoms with van der Waals surface area (Å²) < 4.78 is 7.64. The third-order valence-electron chi connectivity index (χ3n) is 5.24. The summed E-state index contributed by atoms with van der Waals surface area (Å²) >= 11 is 0. The number of pyridine rings is 1. The maximum Gasteiger partial charge on any atom is 0.220 e. The summed E-state index contributed by atoms with van der Waals surface area (Å²) in [7, 11) is 0. The lowest BCUT2D eigenvalue weighted by atomic mass is 10.0. The number of ether oxygens (including phenoxy) is 1. The van der Waals surface area contributed by atoms with Crippen LogP contribution in [0.2, 0.25) is 0 Å². The number of hydrogen-bond acceptors (Lipinski definition) is 7. The van der Waals surface area contributed by atoms with Crippen LogP contribution in [0.1, 0.15) is 37.9 Å². The number of aliphatic hydroxyl groups is 1. The molecular weight excluding hydrogens is 392 g/mol. The van der Waals surface area contributed by atoms with E-state index in [1.165, 1.54) is 6.20 Å². The van der Waals surface area contributed by atoms with Crippen LogP contribution in [0.25, 0.3) is 22.2 Å². The molecule has 1 aliphatic rings. The summed E-state index contributed by atoms with van der Waals surface area (Å²) in [6.07, 6.45) is 7.22. The predicted molar refractivity (Wildman–Crippen MR) is 117 cm³/mol. The molecule has 0 bridgehead atoms. The number of rotatable bonds is 3. The predicted octanol–water partition coefficient (Wildman–Crippen LogP) is 2.50. The Morgan fingerprint density at radius 3 is 2.77 bits per heavy atom. The van der Waals surface area contributed by atoms with Crippen molar-refractivity contribution in [2.45, 2.75) is 38.8 Å². The summed E-state index contributed by atoms with van der Waals surface area (Å²) in [6, 6.07) is 4.02. The second-order valence-electron chi connectivity index (χ2n) is 8.25. The van der Waals surface area contributed by atoms with Crippen molar-refractivity contribution in [2.75, 3.05) is 18.9 Å². The maximum absolute atomic E-state index is 9.93. The van der Waals surface area contributed by atoms with Crippen molar-refractivity contribution in [1.29, 1.82) is 5.26 Å². The van der Waals surface area contributed by atoms with E-state index in [-0.39, 0.29) is 5.95 Å². The summed E-state index contributed by atoms with van der Waals surface area (Å²) in [5.74, 6) is 6.32. The van der Waals surface area contributed by atoms with Gasteiger partial charge in [0.1, 0.15) is 17.4 Å². The number of aromatic nitrogens is 4. The average molecular weight is 416 g/mol. The van der Waals surface area contributed by atoms with E-state index in [2.05, 4.69) is 37.4 Å². The highest BCUT2D eigenvalue weighted by Crippen LogP contribution is 2.33. The molecule has 0 radical (unpaired) electrons. The fourth-order valence-corrected chi connectivity index (χ4v) is 3.70. The van der Waals surface area contributed by atoms with Crippen LogP contribution in [0, 0.1) is 29.1 Å². The fourth-order valence-electron chi connectivity index (χ4n) is 3.70. The molecule has 1 aliphatic heterocycles. The monoisotopic (exact) mass is 416 g/mol. The lowest BCUT2D eigenvalue weighted by Gasteiger charge is -2.22. The van der Waals surface area contributed by atoms with E-state index in [1.807, 2.05) is 12.3 Å². The van der Waals surface area contributed by atoms with Crippen molar-refractivity contribution in [3.05, 3.63) is 35.9 Å². The second-order valence-corrected chi connectivity index (χ2v) is 8.25. The zero-order valence-corrected chi connectivity index (χ0v) is 17.6. The van der Waals surface area contributed by atoms with Crippen molar-refractivity contribution in [3.63, 3.8) is 0 Å². The molecule has 158 valence electrons. The molecule has 0 unspecified atom stereocenters. The van der Waals surface area contributed by atoms with Crippen LogP contribution in [0.15, 0.2) is 24.7 Å². The zero-order valence-electron chi connectivity index (χ0n) is 17.6. The average Bonchev–Trinajstić information content (AvgIpc) is 3.10. The van der Waals surface area contributed by atoms with E-state index in [4.69, 9.17) is 10.5 Å². The van der Waals surface area contributed by atoms with Crippen LogP contribution >= 0.6 is 0 Å². The Morgan fingerprint density at radius 2 is 2.06 bits per heavy atom. The molecule has 8 nitrogen and oxygen atoms in total. The Labute approximate surface area is 180 Å². The molecule has 3 N–H and O–H groups in total. The van der Waals surface area contributed by atoms with Gasteiger partial charge in [0.2, 0.25) is 5.95 Å². The number of anilines is 1. The summed E-state index contributed by atoms with van der Waals surface area (Å²) in [5, 5.41) is 20.4. The molecular formula is C23H24N6O2. The normalized spacial score (nSPS) is 14.8. The van der Waals surface area contributed by atoms with Crippen molar-refractivity contribution >= 4 is 16.9 Å². The maximum atomic E-state index is 9.93. The minimum absolute atomic E-state index is 0.107. The Morgan fingerprint density at radius 1 is 1.29 bits per heavy atom. The quantitative estimate of drug-likeness (QED) is 0.629. The second kappa shape index (κ2) is 8.35. The third kappa shape index (κ3) is 4.66. The van der Waals surface area contributed by atoms with Gasteiger partial charge in [-0.2, -0.15) is 5.26 Å². The van der Waals surface area contributed by atoms with Crippen molar-refractivity contribution in [1.82, 2.24) is 19.5 Å². The smallest absolute Gasteiger partial charge is 0.220 e. The number of fused-ring (bicyclic) bond motifs is 1. The van der Waals surface area contributed by atoms with E-state index in [9.17, 15) is 10.4 Å². The van der Waals surface area contributed by atoms with E-state index in [0.717, 1.165) is 49.1 Å². The van der Waals surface area contributed by atoms with E-state index in [0.29, 0.717) is 22.9 Å². The standard InChI is InChI=1S/C23H24N6O2/c1-23(2,30)6-3-17-9-18-19(21-16(10-24)11-27-22(25)28-21)14-29(20(18)12-26-17)13-15-4-7-31-8-5-15/h9,11-12,14-15,30H,4-5,7-8,13H2,1-2H3,(H2,25,27,28). The molecule has 0 atom stereocenters. The molecule has 0 spiro atoms. The molecule has 3 aromatic heterocycles. The van der Waals surface area contributed by atoms with Gasteiger partial charge in [-0.05, 0) is 44.6 Å². The van der Waals surface area contributed by atoms with Crippen molar-refractivity contribution in [3.8, 4) is 29.2 Å². The number of nitrogens with two attached hydrogens (primary N) is 1. The summed E-state index contributed by atoms with van der Waals surface area (Å²) in [4.78, 5) is 12.8. The highest BCUT2D eigenvalue weighted by Gasteiger charge is 2.20. The highest BCUT2D eigenvalue weighted by molar-refractivity contribution is 5.96. The number of nitriles is 1. The Hall–Kier alpha value is -3.46. The van der Waals surface area contributed by atoms with Crippen molar-refractivity contribution in [2.24, 2.45) is 5.92 Å². The first-order valence-electron chi connectivity index (χ1n) is 10.2. The van der Waals surface area contributed by atoms with Gasteiger partial charge < -0.3 is 20.1 Å². The highest BCUT2D eigenvalue weighted by atomic mass is 16.5. The topological polar surface area (TPSA) is 123 Å². The lowest BCUT2D eigenvalue weighted by Crippen LogP contribution is -2.20. The number of nitrogen functional groups attached to an aromatic ring is 1. The van der Waals surface area contributed by atoms with Crippen LogP contribution in [0.4, 0.5) is 5.95 Å². The van der Waals surface area contributed by atoms with Crippen LogP contribution in [-0.2, 0) is 11.3 Å². The van der Waals surface area contributed by atoms with Gasteiger partial charge >= 0.3 is 0 Å². The summed E-state index contributed by atoms with van der Waals surface area (Å²) in [5.41, 5.74) is 7.78. The third-order valence-corrected chi connectivity index (χ3v) is 5.24. The molecule has 3 aromatic rings. The molecule has 4 heterocycles. The molecule has 0 saturated carbocycles. The number of nitrogens with zero attached hydrogens (tertiary/aromatic N) is 5. The first-order valence-corrected chi connectivity index (χ1v) is 10.2. The fraction of sp³-hybridized carbons (Fsp3) is 0.391. The van der Waals surface area contributed by atoms with Crippen molar-refractivity contribution < 1.29 is 9.84 Å². The van der Waals surface area contributed by atoms with Crippen LogP contribution < -0.4 is 5.73 Å². The molecule has 31 heavy (non-hydrogen) atoms. The minimum atomic E-state index is -1.12. The molecule has 4 rings (SSSR count). The molecule has 0 amide bonds. The molecule has 1 fully saturated rings. The molecule has 8 heteroatoms. The summed E-state index contributed by atoms with van der Waals surface area (Å²) in [6.45, 7) is 5.60. The molecule has 0 aromatic carbocycles. The van der Waals surface area contributed by atoms with Crippen LogP contribution in [0.5, 0.6) is 0 Å². The Balaban J connectivity index is 1.87. The van der Waals surface area contributed by atoms with Gasteiger partial charge in [-0.25, -0.2) is 15.0 Å². The van der Waals surface area contributed by atoms with Gasteiger partial charge in [0.15, 0.2) is 0 Å². The molecule has 1 saturated heterocycles. The largest absolute Gasteiger partial charge is 0.381 e. The Kier molecular flexibility index (Phi) is 5.60. The van der Waals surface area contributed by atoms with Crippen LogP contribution in [0.3, 0.4) is 0 Å². The van der Waals surface area contributed by atoms with Gasteiger partial charge in [-0.1, -0.05) is 5.92 Å². The van der Waals surface area contributed by atoms with E-state index in [1.54, 1.807) is 20.0 Å². The first kappa shape index (κ1) is 20.8. The minimum Gasteiger partial charge on any atom is -0.381 e. The van der Waals surface area contributed by atoms with Gasteiger partial charge in [-0.15, -0.1) is 0 Å². The SMILES string of the molecule is CC(C)(O)C#Cc1cc2c(-c3nc(N)ncc3C#N)cn(CC3CCOCC3)c2cn1. The lowest BCUT2D eigenvalue weighted by molar-refractivity contribution is 0.0616. The van der Waals surface area contributed by atoms with Gasteiger partial charge in [0.25, 0.3) is 0 Å². The molecule has 0 aliphatic carbocycles. The first-order chi connectivity index (χ1) is 14.8. The van der Waals surface area contributed by atoms with E-state index < -0.39 is 5.60 Å².